The van der Waals surface area contributed by atoms with Crippen LogP contribution in [0.25, 0.3) is 0 Å². The normalized spacial score (nSPS) is 19.3. The van der Waals surface area contributed by atoms with Crippen molar-refractivity contribution in [1.82, 2.24) is 9.97 Å². The number of aromatic nitrogens is 2. The van der Waals surface area contributed by atoms with E-state index in [2.05, 4.69) is 22.2 Å². The Kier molecular flexibility index (Phi) is 3.24. The molecule has 0 aromatic carbocycles. The van der Waals surface area contributed by atoms with E-state index in [4.69, 9.17) is 10.5 Å². The maximum absolute atomic E-state index is 5.72. The van der Waals surface area contributed by atoms with Crippen LogP contribution < -0.4 is 11.1 Å². The summed E-state index contributed by atoms with van der Waals surface area (Å²) < 4.78 is 5.36. The first-order valence-corrected chi connectivity index (χ1v) is 5.58. The van der Waals surface area contributed by atoms with Crippen molar-refractivity contribution >= 4 is 11.6 Å². The summed E-state index contributed by atoms with van der Waals surface area (Å²) in [5, 5.41) is 3.27. The number of anilines is 2. The fraction of sp³-hybridized carbons (Fsp3) is 0.636. The van der Waals surface area contributed by atoms with Crippen molar-refractivity contribution < 1.29 is 4.74 Å². The number of nitrogen functional groups attached to an aromatic ring is 1. The van der Waals surface area contributed by atoms with Crippen LogP contribution in [0, 0.1) is 5.41 Å². The highest BCUT2D eigenvalue weighted by Gasteiger charge is 2.27. The fourth-order valence-corrected chi connectivity index (χ4v) is 1.82. The Labute approximate surface area is 95.4 Å². The maximum atomic E-state index is 5.72. The first-order chi connectivity index (χ1) is 7.70. The molecule has 0 bridgehead atoms. The van der Waals surface area contributed by atoms with E-state index >= 15 is 0 Å². The molecule has 5 heteroatoms. The van der Waals surface area contributed by atoms with Gasteiger partial charge in [-0.15, -0.1) is 0 Å². The molecule has 0 atom stereocenters. The summed E-state index contributed by atoms with van der Waals surface area (Å²) in [5.41, 5.74) is 5.98. The topological polar surface area (TPSA) is 73.1 Å². The zero-order valence-electron chi connectivity index (χ0n) is 9.57. The summed E-state index contributed by atoms with van der Waals surface area (Å²) in [4.78, 5) is 8.16. The molecule has 1 aliphatic rings. The number of nitrogens with one attached hydrogen (secondary N) is 1. The van der Waals surface area contributed by atoms with Gasteiger partial charge in [-0.3, -0.25) is 0 Å². The van der Waals surface area contributed by atoms with Crippen LogP contribution in [-0.2, 0) is 4.74 Å². The molecule has 0 spiro atoms. The molecule has 0 unspecified atom stereocenters. The van der Waals surface area contributed by atoms with E-state index in [1.165, 1.54) is 0 Å². The molecule has 88 valence electrons. The molecule has 1 aliphatic heterocycles. The highest BCUT2D eigenvalue weighted by atomic mass is 16.5. The Morgan fingerprint density at radius 3 is 2.75 bits per heavy atom. The van der Waals surface area contributed by atoms with Gasteiger partial charge in [-0.1, -0.05) is 6.92 Å². The Morgan fingerprint density at radius 2 is 2.06 bits per heavy atom. The third-order valence-electron chi connectivity index (χ3n) is 3.11. The van der Waals surface area contributed by atoms with Gasteiger partial charge in [0.2, 0.25) is 0 Å². The molecule has 5 nitrogen and oxygen atoms in total. The van der Waals surface area contributed by atoms with Gasteiger partial charge in [0.05, 0.1) is 0 Å². The minimum atomic E-state index is 0.266. The molecule has 0 saturated carbocycles. The van der Waals surface area contributed by atoms with E-state index < -0.39 is 0 Å². The second kappa shape index (κ2) is 4.65. The van der Waals surface area contributed by atoms with Crippen molar-refractivity contribution in [3.8, 4) is 0 Å². The molecule has 1 aromatic rings. The number of nitrogens with two attached hydrogens (primary N) is 1. The summed E-state index contributed by atoms with van der Waals surface area (Å²) in [6, 6.07) is 0. The van der Waals surface area contributed by atoms with Crippen molar-refractivity contribution in [2.45, 2.75) is 19.8 Å². The summed E-state index contributed by atoms with van der Waals surface area (Å²) in [7, 11) is 0. The molecule has 16 heavy (non-hydrogen) atoms. The van der Waals surface area contributed by atoms with Gasteiger partial charge in [0.25, 0.3) is 0 Å². The number of rotatable bonds is 3. The summed E-state index contributed by atoms with van der Waals surface area (Å²) >= 11 is 0. The average molecular weight is 222 g/mol. The largest absolute Gasteiger partial charge is 0.381 e. The molecule has 0 radical (unpaired) electrons. The van der Waals surface area contributed by atoms with Crippen molar-refractivity contribution in [2.24, 2.45) is 5.41 Å². The molecular formula is C11H18N4O. The van der Waals surface area contributed by atoms with Crippen LogP contribution in [0.2, 0.25) is 0 Å². The van der Waals surface area contributed by atoms with Crippen LogP contribution >= 0.6 is 0 Å². The third-order valence-corrected chi connectivity index (χ3v) is 3.11. The van der Waals surface area contributed by atoms with Crippen molar-refractivity contribution in [3.05, 3.63) is 12.4 Å². The highest BCUT2D eigenvalue weighted by molar-refractivity contribution is 5.54. The monoisotopic (exact) mass is 222 g/mol. The summed E-state index contributed by atoms with van der Waals surface area (Å²) in [6.45, 7) is 4.80. The lowest BCUT2D eigenvalue weighted by Crippen LogP contribution is -2.33. The quantitative estimate of drug-likeness (QED) is 0.806. The minimum Gasteiger partial charge on any atom is -0.381 e. The number of hydrogen-bond acceptors (Lipinski definition) is 5. The lowest BCUT2D eigenvalue weighted by molar-refractivity contribution is 0.0300. The molecule has 0 aliphatic carbocycles. The smallest absolute Gasteiger partial charge is 0.168 e. The van der Waals surface area contributed by atoms with Gasteiger partial charge in [0, 0.05) is 32.2 Å². The standard InChI is InChI=1S/C11H18N4O/c1-11(2-6-16-7-3-11)8-15-10-9(12)13-4-5-14-10/h4-5H,2-3,6-8H2,1H3,(H2,12,13)(H,14,15). The van der Waals surface area contributed by atoms with E-state index in [0.717, 1.165) is 32.6 Å². The first kappa shape index (κ1) is 11.1. The van der Waals surface area contributed by atoms with Crippen molar-refractivity contribution in [2.75, 3.05) is 30.8 Å². The molecule has 2 heterocycles. The van der Waals surface area contributed by atoms with Crippen molar-refractivity contribution in [1.29, 1.82) is 0 Å². The van der Waals surface area contributed by atoms with Crippen molar-refractivity contribution in [3.63, 3.8) is 0 Å². The zero-order valence-corrected chi connectivity index (χ0v) is 9.57. The second-order valence-electron chi connectivity index (χ2n) is 4.57. The van der Waals surface area contributed by atoms with Crippen LogP contribution in [-0.4, -0.2) is 29.7 Å². The average Bonchev–Trinajstić information content (AvgIpc) is 2.29. The third kappa shape index (κ3) is 2.61. The second-order valence-corrected chi connectivity index (χ2v) is 4.57. The molecular weight excluding hydrogens is 204 g/mol. The van der Waals surface area contributed by atoms with Crippen LogP contribution in [0.5, 0.6) is 0 Å². The van der Waals surface area contributed by atoms with E-state index in [1.807, 2.05) is 0 Å². The number of ether oxygens (including phenoxy) is 1. The molecule has 3 N–H and O–H groups in total. The first-order valence-electron chi connectivity index (χ1n) is 5.58. The van der Waals surface area contributed by atoms with Gasteiger partial charge < -0.3 is 15.8 Å². The van der Waals surface area contributed by atoms with Gasteiger partial charge in [-0.2, -0.15) is 0 Å². The van der Waals surface area contributed by atoms with Crippen LogP contribution in [0.4, 0.5) is 11.6 Å². The minimum absolute atomic E-state index is 0.266. The SMILES string of the molecule is CC1(CNc2nccnc2N)CCOCC1. The molecule has 1 fully saturated rings. The Hall–Kier alpha value is -1.36. The molecule has 1 aromatic heterocycles. The van der Waals surface area contributed by atoms with Crippen LogP contribution in [0.3, 0.4) is 0 Å². The summed E-state index contributed by atoms with van der Waals surface area (Å²) in [6.07, 6.45) is 5.38. The van der Waals surface area contributed by atoms with E-state index in [-0.39, 0.29) is 5.41 Å². The van der Waals surface area contributed by atoms with Gasteiger partial charge in [0.15, 0.2) is 11.6 Å². The number of nitrogens with zero attached hydrogens (tertiary/aromatic N) is 2. The number of hydrogen-bond donors (Lipinski definition) is 2. The predicted molar refractivity (Wildman–Crippen MR) is 63.1 cm³/mol. The summed E-state index contributed by atoms with van der Waals surface area (Å²) in [5.74, 6) is 1.13. The Bertz CT molecular complexity index is 350. The Balaban J connectivity index is 1.94. The fourth-order valence-electron chi connectivity index (χ4n) is 1.82. The van der Waals surface area contributed by atoms with Gasteiger partial charge in [0.1, 0.15) is 0 Å². The molecule has 2 rings (SSSR count). The van der Waals surface area contributed by atoms with E-state index in [1.54, 1.807) is 12.4 Å². The van der Waals surface area contributed by atoms with Gasteiger partial charge in [-0.25, -0.2) is 9.97 Å². The molecule has 0 amide bonds. The van der Waals surface area contributed by atoms with Crippen LogP contribution in [0.1, 0.15) is 19.8 Å². The van der Waals surface area contributed by atoms with E-state index in [0.29, 0.717) is 11.6 Å². The van der Waals surface area contributed by atoms with E-state index in [9.17, 15) is 0 Å². The lowest BCUT2D eigenvalue weighted by Gasteiger charge is -2.33. The van der Waals surface area contributed by atoms with Gasteiger partial charge >= 0.3 is 0 Å². The Morgan fingerprint density at radius 1 is 1.38 bits per heavy atom. The van der Waals surface area contributed by atoms with Crippen LogP contribution in [0.15, 0.2) is 12.4 Å². The molecule has 1 saturated heterocycles. The zero-order chi connectivity index (χ0) is 11.4. The highest BCUT2D eigenvalue weighted by Crippen LogP contribution is 2.30. The predicted octanol–water partition coefficient (Wildman–Crippen LogP) is 1.29. The van der Waals surface area contributed by atoms with Gasteiger partial charge in [-0.05, 0) is 18.3 Å². The lowest BCUT2D eigenvalue weighted by atomic mass is 9.82. The maximum Gasteiger partial charge on any atom is 0.168 e.